The first-order chi connectivity index (χ1) is 8.38. The van der Waals surface area contributed by atoms with E-state index in [9.17, 15) is 0 Å². The van der Waals surface area contributed by atoms with Crippen LogP contribution in [0.1, 0.15) is 23.3 Å². The maximum Gasteiger partial charge on any atom is 0.0540 e. The minimum Gasteiger partial charge on any atom is -0.395 e. The number of ether oxygens (including phenoxy) is 1. The first-order valence-electron chi connectivity index (χ1n) is 5.61. The van der Waals surface area contributed by atoms with Crippen molar-refractivity contribution in [1.82, 2.24) is 0 Å². The van der Waals surface area contributed by atoms with Gasteiger partial charge in [0, 0.05) is 36.3 Å². The minimum absolute atomic E-state index is 0.137. The van der Waals surface area contributed by atoms with Gasteiger partial charge in [-0.1, -0.05) is 11.8 Å². The van der Waals surface area contributed by atoms with E-state index in [-0.39, 0.29) is 6.61 Å². The van der Waals surface area contributed by atoms with E-state index in [4.69, 9.17) is 9.84 Å². The van der Waals surface area contributed by atoms with Crippen LogP contribution in [0.25, 0.3) is 0 Å². The third-order valence-electron chi connectivity index (χ3n) is 2.08. The molecule has 4 heteroatoms. The monoisotopic (exact) mass is 270 g/mol. The summed E-state index contributed by atoms with van der Waals surface area (Å²) in [6, 6.07) is 2.06. The summed E-state index contributed by atoms with van der Waals surface area (Å²) in [4.78, 5) is 1.33. The van der Waals surface area contributed by atoms with E-state index < -0.39 is 0 Å². The van der Waals surface area contributed by atoms with Crippen LogP contribution >= 0.6 is 23.1 Å². The Morgan fingerprint density at radius 2 is 2.41 bits per heavy atom. The normalized spacial score (nSPS) is 10.0. The minimum atomic E-state index is 0.137. The number of hydrogen-bond donors (Lipinski definition) is 1. The molecule has 0 aliphatic carbocycles. The highest BCUT2D eigenvalue weighted by Crippen LogP contribution is 2.22. The zero-order valence-corrected chi connectivity index (χ0v) is 11.7. The summed E-state index contributed by atoms with van der Waals surface area (Å²) >= 11 is 3.67. The van der Waals surface area contributed by atoms with E-state index >= 15 is 0 Å². The summed E-state index contributed by atoms with van der Waals surface area (Å²) in [5.74, 6) is 8.21. The molecule has 0 aromatic carbocycles. The van der Waals surface area contributed by atoms with Crippen molar-refractivity contribution in [1.29, 1.82) is 0 Å². The molecule has 0 unspecified atom stereocenters. The second-order valence-electron chi connectivity index (χ2n) is 3.43. The molecule has 1 N–H and O–H groups in total. The van der Waals surface area contributed by atoms with Gasteiger partial charge >= 0.3 is 0 Å². The van der Waals surface area contributed by atoms with Crippen molar-refractivity contribution in [3.63, 3.8) is 0 Å². The van der Waals surface area contributed by atoms with Crippen LogP contribution < -0.4 is 0 Å². The summed E-state index contributed by atoms with van der Waals surface area (Å²) < 4.78 is 5.01. The van der Waals surface area contributed by atoms with E-state index in [2.05, 4.69) is 23.3 Å². The molecule has 0 atom stereocenters. The van der Waals surface area contributed by atoms with Crippen LogP contribution in [0.15, 0.2) is 11.4 Å². The zero-order valence-electron chi connectivity index (χ0n) is 10.1. The summed E-state index contributed by atoms with van der Waals surface area (Å²) in [6.07, 6.45) is 1.65. The number of aliphatic hydroxyl groups is 1. The number of thioether (sulfide) groups is 1. The van der Waals surface area contributed by atoms with Crippen molar-refractivity contribution < 1.29 is 9.84 Å². The van der Waals surface area contributed by atoms with Gasteiger partial charge in [0.15, 0.2) is 0 Å². The molecule has 0 saturated carbocycles. The van der Waals surface area contributed by atoms with E-state index in [0.29, 0.717) is 6.42 Å². The fourth-order valence-electron chi connectivity index (χ4n) is 1.25. The summed E-state index contributed by atoms with van der Waals surface area (Å²) in [5, 5.41) is 10.7. The fraction of sp³-hybridized carbons (Fsp3) is 0.538. The zero-order chi connectivity index (χ0) is 12.3. The molecule has 1 aromatic rings. The van der Waals surface area contributed by atoms with Crippen molar-refractivity contribution in [3.05, 3.63) is 21.9 Å². The molecular weight excluding hydrogens is 252 g/mol. The smallest absolute Gasteiger partial charge is 0.0540 e. The molecule has 94 valence electrons. The van der Waals surface area contributed by atoms with E-state index in [1.54, 1.807) is 18.4 Å². The third kappa shape index (κ3) is 6.13. The molecule has 0 amide bonds. The second-order valence-corrected chi connectivity index (χ2v) is 5.54. The Balaban J connectivity index is 2.33. The van der Waals surface area contributed by atoms with Crippen LogP contribution in [0.3, 0.4) is 0 Å². The highest BCUT2D eigenvalue weighted by molar-refractivity contribution is 7.98. The Morgan fingerprint density at radius 1 is 1.53 bits per heavy atom. The highest BCUT2D eigenvalue weighted by Gasteiger charge is 2.01. The highest BCUT2D eigenvalue weighted by atomic mass is 32.2. The number of rotatable bonds is 7. The molecule has 0 fully saturated rings. The predicted molar refractivity (Wildman–Crippen MR) is 75.6 cm³/mol. The van der Waals surface area contributed by atoms with Crippen molar-refractivity contribution >= 4 is 23.1 Å². The average Bonchev–Trinajstić information content (AvgIpc) is 2.77. The lowest BCUT2D eigenvalue weighted by atomic mass is 10.2. The first-order valence-corrected chi connectivity index (χ1v) is 7.64. The van der Waals surface area contributed by atoms with Gasteiger partial charge < -0.3 is 9.84 Å². The number of hydrogen-bond acceptors (Lipinski definition) is 4. The van der Waals surface area contributed by atoms with Crippen LogP contribution in [0.5, 0.6) is 0 Å². The van der Waals surface area contributed by atoms with Crippen molar-refractivity contribution in [2.75, 3.05) is 26.1 Å². The fourth-order valence-corrected chi connectivity index (χ4v) is 3.19. The van der Waals surface area contributed by atoms with Gasteiger partial charge in [-0.25, -0.2) is 0 Å². The maximum atomic E-state index is 8.67. The molecule has 1 aromatic heterocycles. The molecule has 1 rings (SSSR count). The number of thiophene rings is 1. The first kappa shape index (κ1) is 14.6. The molecule has 0 aliphatic heterocycles. The Morgan fingerprint density at radius 3 is 3.18 bits per heavy atom. The average molecular weight is 270 g/mol. The van der Waals surface area contributed by atoms with Gasteiger partial charge in [-0.05, 0) is 23.6 Å². The van der Waals surface area contributed by atoms with Crippen molar-refractivity contribution in [2.24, 2.45) is 0 Å². The maximum absolute atomic E-state index is 8.67. The van der Waals surface area contributed by atoms with Crippen LogP contribution in [0.2, 0.25) is 0 Å². The molecule has 17 heavy (non-hydrogen) atoms. The van der Waals surface area contributed by atoms with Gasteiger partial charge in [0.25, 0.3) is 0 Å². The molecule has 0 radical (unpaired) electrons. The lowest BCUT2D eigenvalue weighted by Crippen LogP contribution is -1.91. The van der Waals surface area contributed by atoms with Crippen LogP contribution in [-0.2, 0) is 10.5 Å². The quantitative estimate of drug-likeness (QED) is 0.610. The molecule has 0 saturated heterocycles. The molecular formula is C13H18O2S2. The summed E-state index contributed by atoms with van der Waals surface area (Å²) in [6.45, 7) is 0.971. The third-order valence-corrected chi connectivity index (χ3v) is 4.25. The van der Waals surface area contributed by atoms with Gasteiger partial charge in [0.1, 0.15) is 0 Å². The Labute approximate surface area is 111 Å². The van der Waals surface area contributed by atoms with E-state index in [1.165, 1.54) is 4.88 Å². The Bertz CT molecular complexity index is 363. The van der Waals surface area contributed by atoms with Crippen molar-refractivity contribution in [3.8, 4) is 11.8 Å². The second kappa shape index (κ2) is 9.55. The topological polar surface area (TPSA) is 29.5 Å². The van der Waals surface area contributed by atoms with Gasteiger partial charge in [0.05, 0.1) is 6.61 Å². The summed E-state index contributed by atoms with van der Waals surface area (Å²) in [5.41, 5.74) is 1.11. The standard InChI is InChI=1S/C13H18O2S2/c1-15-8-4-9-16-11-13-12(6-10-17-13)5-2-3-7-14/h6,10,14H,3-4,7-9,11H2,1H3. The van der Waals surface area contributed by atoms with Crippen LogP contribution in [-0.4, -0.2) is 31.2 Å². The predicted octanol–water partition coefficient (Wildman–Crippen LogP) is 2.75. The molecule has 1 heterocycles. The number of aliphatic hydroxyl groups excluding tert-OH is 1. The SMILES string of the molecule is COCCCSCc1sccc1C#CCCO. The lowest BCUT2D eigenvalue weighted by Gasteiger charge is -2.00. The van der Waals surface area contributed by atoms with Gasteiger partial charge in [-0.15, -0.1) is 11.3 Å². The Kier molecular flexibility index (Phi) is 8.20. The van der Waals surface area contributed by atoms with Crippen molar-refractivity contribution in [2.45, 2.75) is 18.6 Å². The molecule has 0 aliphatic rings. The van der Waals surface area contributed by atoms with Crippen LogP contribution in [0, 0.1) is 11.8 Å². The lowest BCUT2D eigenvalue weighted by molar-refractivity contribution is 0.200. The van der Waals surface area contributed by atoms with Gasteiger partial charge in [-0.3, -0.25) is 0 Å². The van der Waals surface area contributed by atoms with Gasteiger partial charge in [0.2, 0.25) is 0 Å². The van der Waals surface area contributed by atoms with Crippen LogP contribution in [0.4, 0.5) is 0 Å². The summed E-state index contributed by atoms with van der Waals surface area (Å²) in [7, 11) is 1.73. The Hall–Kier alpha value is -0.470. The number of methoxy groups -OCH3 is 1. The van der Waals surface area contributed by atoms with E-state index in [1.807, 2.05) is 11.8 Å². The van der Waals surface area contributed by atoms with E-state index in [0.717, 1.165) is 30.1 Å². The molecule has 0 bridgehead atoms. The van der Waals surface area contributed by atoms with Gasteiger partial charge in [-0.2, -0.15) is 11.8 Å². The molecule has 0 spiro atoms. The molecule has 2 nitrogen and oxygen atoms in total. The largest absolute Gasteiger partial charge is 0.395 e.